The van der Waals surface area contributed by atoms with E-state index in [-0.39, 0.29) is 5.78 Å². The van der Waals surface area contributed by atoms with E-state index >= 15 is 0 Å². The Kier molecular flexibility index (Phi) is 1.62. The van der Waals surface area contributed by atoms with Crippen molar-refractivity contribution in [3.63, 3.8) is 0 Å². The largest absolute Gasteiger partial charge is 0.318 e. The van der Waals surface area contributed by atoms with Crippen LogP contribution in [-0.4, -0.2) is 20.3 Å². The lowest BCUT2D eigenvalue weighted by molar-refractivity contribution is 0.101. The summed E-state index contributed by atoms with van der Waals surface area (Å²) in [6.07, 6.45) is 3.28. The number of pyridine rings is 1. The van der Waals surface area contributed by atoms with Gasteiger partial charge < -0.3 is 4.57 Å². The van der Waals surface area contributed by atoms with Crippen LogP contribution in [-0.2, 0) is 7.05 Å². The molecule has 0 amide bonds. The van der Waals surface area contributed by atoms with Crippen LogP contribution in [0.3, 0.4) is 0 Å². The highest BCUT2D eigenvalue weighted by Crippen LogP contribution is 2.13. The summed E-state index contributed by atoms with van der Waals surface area (Å²) in [6, 6.07) is 1.69. The molecule has 0 spiro atoms. The molecular weight excluding hydrogens is 166 g/mol. The first kappa shape index (κ1) is 7.91. The molecule has 13 heavy (non-hydrogen) atoms. The smallest absolute Gasteiger partial charge is 0.162 e. The first-order valence-corrected chi connectivity index (χ1v) is 3.97. The number of carbonyl (C=O) groups is 1. The van der Waals surface area contributed by atoms with Crippen LogP contribution in [0.15, 0.2) is 18.6 Å². The maximum atomic E-state index is 11.2. The van der Waals surface area contributed by atoms with Gasteiger partial charge in [0.05, 0.1) is 6.33 Å². The topological polar surface area (TPSA) is 47.8 Å². The van der Waals surface area contributed by atoms with Gasteiger partial charge >= 0.3 is 0 Å². The predicted octanol–water partition coefficient (Wildman–Crippen LogP) is 1.17. The second-order valence-corrected chi connectivity index (χ2v) is 2.94. The number of carbonyl (C=O) groups excluding carboxylic acids is 1. The molecule has 0 saturated heterocycles. The summed E-state index contributed by atoms with van der Waals surface area (Å²) in [5, 5.41) is 0. The molecule has 4 heteroatoms. The van der Waals surface area contributed by atoms with E-state index in [4.69, 9.17) is 0 Å². The summed E-state index contributed by atoms with van der Waals surface area (Å²) in [7, 11) is 1.85. The molecule has 0 aromatic carbocycles. The van der Waals surface area contributed by atoms with Gasteiger partial charge in [0.1, 0.15) is 5.52 Å². The first-order chi connectivity index (χ1) is 6.20. The molecule has 0 aliphatic heterocycles. The third-order valence-electron chi connectivity index (χ3n) is 1.98. The van der Waals surface area contributed by atoms with Crippen molar-refractivity contribution in [1.29, 1.82) is 0 Å². The maximum Gasteiger partial charge on any atom is 0.162 e. The van der Waals surface area contributed by atoms with Gasteiger partial charge in [0.2, 0.25) is 0 Å². The van der Waals surface area contributed by atoms with Crippen molar-refractivity contribution in [2.45, 2.75) is 6.92 Å². The maximum absolute atomic E-state index is 11.2. The number of hydrogen-bond acceptors (Lipinski definition) is 3. The summed E-state index contributed by atoms with van der Waals surface area (Å²) in [5.41, 5.74) is 2.05. The van der Waals surface area contributed by atoms with Crippen LogP contribution in [0.5, 0.6) is 0 Å². The minimum atomic E-state index is 0.0195. The Hall–Kier alpha value is -1.71. The van der Waals surface area contributed by atoms with Crippen molar-refractivity contribution in [2.75, 3.05) is 0 Å². The standard InChI is InChI=1S/C9H9N3O/c1-6(13)7-3-4-10-9-8(7)11-5-12(9)2/h3-5H,1-2H3. The van der Waals surface area contributed by atoms with Gasteiger partial charge in [-0.3, -0.25) is 4.79 Å². The van der Waals surface area contributed by atoms with Gasteiger partial charge in [0, 0.05) is 18.8 Å². The minimum Gasteiger partial charge on any atom is -0.318 e. The van der Waals surface area contributed by atoms with E-state index in [1.54, 1.807) is 23.2 Å². The third-order valence-corrected chi connectivity index (χ3v) is 1.98. The lowest BCUT2D eigenvalue weighted by Gasteiger charge is -1.96. The Bertz CT molecular complexity index is 473. The highest BCUT2D eigenvalue weighted by atomic mass is 16.1. The molecule has 0 atom stereocenters. The van der Waals surface area contributed by atoms with Crippen molar-refractivity contribution in [2.24, 2.45) is 7.05 Å². The summed E-state index contributed by atoms with van der Waals surface area (Å²) >= 11 is 0. The van der Waals surface area contributed by atoms with E-state index in [0.717, 1.165) is 5.65 Å². The molecule has 2 heterocycles. The lowest BCUT2D eigenvalue weighted by atomic mass is 10.2. The average Bonchev–Trinajstić information content (AvgIpc) is 2.48. The normalized spacial score (nSPS) is 10.6. The second kappa shape index (κ2) is 2.65. The Balaban J connectivity index is 2.84. The Labute approximate surface area is 75.2 Å². The average molecular weight is 175 g/mol. The summed E-state index contributed by atoms with van der Waals surface area (Å²) < 4.78 is 1.79. The molecule has 2 rings (SSSR count). The van der Waals surface area contributed by atoms with Crippen LogP contribution in [0.25, 0.3) is 11.2 Å². The van der Waals surface area contributed by atoms with Crippen LogP contribution < -0.4 is 0 Å². The molecule has 0 N–H and O–H groups in total. The summed E-state index contributed by atoms with van der Waals surface area (Å²) in [6.45, 7) is 1.53. The molecule has 0 radical (unpaired) electrons. The molecule has 4 nitrogen and oxygen atoms in total. The predicted molar refractivity (Wildman–Crippen MR) is 48.5 cm³/mol. The van der Waals surface area contributed by atoms with Crippen molar-refractivity contribution < 1.29 is 4.79 Å². The SMILES string of the molecule is CC(=O)c1ccnc2c1ncn2C. The van der Waals surface area contributed by atoms with Gasteiger partial charge in [-0.25, -0.2) is 9.97 Å². The van der Waals surface area contributed by atoms with Gasteiger partial charge in [-0.05, 0) is 13.0 Å². The molecular formula is C9H9N3O. The van der Waals surface area contributed by atoms with Crippen LogP contribution in [0.1, 0.15) is 17.3 Å². The van der Waals surface area contributed by atoms with Gasteiger partial charge in [-0.15, -0.1) is 0 Å². The lowest BCUT2D eigenvalue weighted by Crippen LogP contribution is -1.95. The number of rotatable bonds is 1. The second-order valence-electron chi connectivity index (χ2n) is 2.94. The van der Waals surface area contributed by atoms with Crippen molar-refractivity contribution in [1.82, 2.24) is 14.5 Å². The molecule has 0 bridgehead atoms. The van der Waals surface area contributed by atoms with Gasteiger partial charge in [0.25, 0.3) is 0 Å². The van der Waals surface area contributed by atoms with Gasteiger partial charge in [-0.2, -0.15) is 0 Å². The summed E-state index contributed by atoms with van der Waals surface area (Å²) in [5.74, 6) is 0.0195. The molecule has 0 saturated carbocycles. The third kappa shape index (κ3) is 1.11. The molecule has 66 valence electrons. The molecule has 0 fully saturated rings. The van der Waals surface area contributed by atoms with Crippen LogP contribution in [0.2, 0.25) is 0 Å². The molecule has 0 aliphatic rings. The number of aryl methyl sites for hydroxylation is 1. The zero-order valence-electron chi connectivity index (χ0n) is 7.48. The Morgan fingerprint density at radius 3 is 2.92 bits per heavy atom. The van der Waals surface area contributed by atoms with Crippen molar-refractivity contribution in [3.05, 3.63) is 24.2 Å². The fourth-order valence-electron chi connectivity index (χ4n) is 1.31. The zero-order valence-corrected chi connectivity index (χ0v) is 7.48. The van der Waals surface area contributed by atoms with Crippen molar-refractivity contribution in [3.8, 4) is 0 Å². The van der Waals surface area contributed by atoms with E-state index in [0.29, 0.717) is 11.1 Å². The van der Waals surface area contributed by atoms with Crippen LogP contribution in [0, 0.1) is 0 Å². The highest BCUT2D eigenvalue weighted by molar-refractivity contribution is 6.03. The van der Waals surface area contributed by atoms with Crippen LogP contribution in [0.4, 0.5) is 0 Å². The van der Waals surface area contributed by atoms with E-state index in [1.807, 2.05) is 7.05 Å². The van der Waals surface area contributed by atoms with E-state index in [2.05, 4.69) is 9.97 Å². The van der Waals surface area contributed by atoms with Crippen molar-refractivity contribution >= 4 is 16.9 Å². The van der Waals surface area contributed by atoms with E-state index in [9.17, 15) is 4.79 Å². The van der Waals surface area contributed by atoms with E-state index in [1.165, 1.54) is 6.92 Å². The number of fused-ring (bicyclic) bond motifs is 1. The van der Waals surface area contributed by atoms with E-state index < -0.39 is 0 Å². The highest BCUT2D eigenvalue weighted by Gasteiger charge is 2.09. The number of nitrogens with zero attached hydrogens (tertiary/aromatic N) is 3. The fourth-order valence-corrected chi connectivity index (χ4v) is 1.31. The van der Waals surface area contributed by atoms with Gasteiger partial charge in [-0.1, -0.05) is 0 Å². The zero-order chi connectivity index (χ0) is 9.42. The Morgan fingerprint density at radius 2 is 2.23 bits per heavy atom. The number of imidazole rings is 1. The first-order valence-electron chi connectivity index (χ1n) is 3.97. The molecule has 2 aromatic heterocycles. The number of ketones is 1. The minimum absolute atomic E-state index is 0.0195. The monoisotopic (exact) mass is 175 g/mol. The quantitative estimate of drug-likeness (QED) is 0.611. The molecule has 0 aliphatic carbocycles. The Morgan fingerprint density at radius 1 is 1.46 bits per heavy atom. The molecule has 0 unspecified atom stereocenters. The van der Waals surface area contributed by atoms with Gasteiger partial charge in [0.15, 0.2) is 11.4 Å². The molecule has 2 aromatic rings. The number of aromatic nitrogens is 3. The fraction of sp³-hybridized carbons (Fsp3) is 0.222. The van der Waals surface area contributed by atoms with Crippen LogP contribution >= 0.6 is 0 Å². The summed E-state index contributed by atoms with van der Waals surface area (Å²) in [4.78, 5) is 19.4. The number of Topliss-reactive ketones (excluding diaryl/α,β-unsaturated/α-hetero) is 1. The number of hydrogen-bond donors (Lipinski definition) is 0.